The highest BCUT2D eigenvalue weighted by atomic mass is 19.1. The summed E-state index contributed by atoms with van der Waals surface area (Å²) < 4.78 is 31.2. The Morgan fingerprint density at radius 3 is 2.45 bits per heavy atom. The van der Waals surface area contributed by atoms with Gasteiger partial charge in [-0.25, -0.2) is 8.78 Å². The third-order valence-corrected chi connectivity index (χ3v) is 3.06. The van der Waals surface area contributed by atoms with Gasteiger partial charge in [-0.15, -0.1) is 0 Å². The van der Waals surface area contributed by atoms with Crippen molar-refractivity contribution in [3.8, 4) is 0 Å². The molecule has 0 spiro atoms. The van der Waals surface area contributed by atoms with Crippen LogP contribution in [0.4, 0.5) is 8.78 Å². The third-order valence-electron chi connectivity index (χ3n) is 3.06. The summed E-state index contributed by atoms with van der Waals surface area (Å²) in [5.74, 6) is -0.0993. The van der Waals surface area contributed by atoms with Crippen LogP contribution in [0.3, 0.4) is 0 Å². The molecule has 1 aromatic heterocycles. The van der Waals surface area contributed by atoms with Gasteiger partial charge in [0.15, 0.2) is 5.82 Å². The highest BCUT2D eigenvalue weighted by molar-refractivity contribution is 5.21. The Balaban J connectivity index is 2.05. The summed E-state index contributed by atoms with van der Waals surface area (Å²) in [6.45, 7) is 4.02. The molecular formula is C14H17F2N3O. The minimum absolute atomic E-state index is 0.0603. The molecule has 20 heavy (non-hydrogen) atoms. The average molecular weight is 281 g/mol. The number of halogens is 2. The van der Waals surface area contributed by atoms with Gasteiger partial charge in [0.25, 0.3) is 0 Å². The number of rotatable bonds is 5. The van der Waals surface area contributed by atoms with Gasteiger partial charge in [0, 0.05) is 24.9 Å². The van der Waals surface area contributed by atoms with Crippen molar-refractivity contribution in [3.63, 3.8) is 0 Å². The smallest absolute Gasteiger partial charge is 0.228 e. The number of nitrogens with zero attached hydrogens (tertiary/aromatic N) is 2. The minimum atomic E-state index is -0.620. The largest absolute Gasteiger partial charge is 0.339 e. The van der Waals surface area contributed by atoms with Crippen LogP contribution in [0.25, 0.3) is 0 Å². The van der Waals surface area contributed by atoms with Crippen molar-refractivity contribution in [2.45, 2.75) is 32.7 Å². The van der Waals surface area contributed by atoms with Crippen LogP contribution < -0.4 is 5.73 Å². The van der Waals surface area contributed by atoms with E-state index < -0.39 is 11.6 Å². The molecule has 1 unspecified atom stereocenters. The highest BCUT2D eigenvalue weighted by Crippen LogP contribution is 2.13. The predicted molar refractivity (Wildman–Crippen MR) is 70.0 cm³/mol. The molecule has 1 aromatic carbocycles. The van der Waals surface area contributed by atoms with E-state index in [1.165, 1.54) is 12.1 Å². The zero-order valence-corrected chi connectivity index (χ0v) is 11.4. The maximum atomic E-state index is 13.1. The average Bonchev–Trinajstić information content (AvgIpc) is 2.74. The minimum Gasteiger partial charge on any atom is -0.339 e. The van der Waals surface area contributed by atoms with Crippen LogP contribution in [-0.2, 0) is 12.8 Å². The summed E-state index contributed by atoms with van der Waals surface area (Å²) in [5.41, 5.74) is 6.38. The topological polar surface area (TPSA) is 64.9 Å². The molecule has 108 valence electrons. The number of hydrogen-bond donors (Lipinski definition) is 1. The molecule has 4 nitrogen and oxygen atoms in total. The fourth-order valence-corrected chi connectivity index (χ4v) is 1.78. The normalized spacial score (nSPS) is 12.9. The lowest BCUT2D eigenvalue weighted by Gasteiger charge is -2.11. The zero-order valence-electron chi connectivity index (χ0n) is 11.4. The van der Waals surface area contributed by atoms with E-state index in [1.807, 2.05) is 13.8 Å². The number of nitrogens with two attached hydrogens (primary N) is 1. The molecule has 2 rings (SSSR count). The Bertz CT molecular complexity index is 563. The fraction of sp³-hybridized carbons (Fsp3) is 0.429. The molecule has 0 bridgehead atoms. The van der Waals surface area contributed by atoms with Crippen LogP contribution in [0.5, 0.6) is 0 Å². The molecule has 1 heterocycles. The highest BCUT2D eigenvalue weighted by Gasteiger charge is 2.14. The van der Waals surface area contributed by atoms with E-state index >= 15 is 0 Å². The summed E-state index contributed by atoms with van der Waals surface area (Å²) in [6.07, 6.45) is 0.706. The van der Waals surface area contributed by atoms with Crippen molar-refractivity contribution >= 4 is 0 Å². The molecule has 0 aliphatic heterocycles. The predicted octanol–water partition coefficient (Wildman–Crippen LogP) is 2.46. The van der Waals surface area contributed by atoms with Crippen molar-refractivity contribution in [1.82, 2.24) is 10.1 Å². The van der Waals surface area contributed by atoms with Crippen molar-refractivity contribution in [3.05, 3.63) is 47.1 Å². The van der Waals surface area contributed by atoms with Gasteiger partial charge in [-0.1, -0.05) is 19.0 Å². The second-order valence-corrected chi connectivity index (χ2v) is 5.17. The fourth-order valence-electron chi connectivity index (χ4n) is 1.78. The first-order chi connectivity index (χ1) is 9.44. The summed E-state index contributed by atoms with van der Waals surface area (Å²) in [4.78, 5) is 4.18. The lowest BCUT2D eigenvalue weighted by molar-refractivity contribution is 0.350. The summed E-state index contributed by atoms with van der Waals surface area (Å²) >= 11 is 0. The van der Waals surface area contributed by atoms with E-state index in [1.54, 1.807) is 0 Å². The van der Waals surface area contributed by atoms with Crippen molar-refractivity contribution in [2.24, 2.45) is 11.7 Å². The number of hydrogen-bond acceptors (Lipinski definition) is 4. The second-order valence-electron chi connectivity index (χ2n) is 5.17. The first-order valence-electron chi connectivity index (χ1n) is 6.46. The van der Waals surface area contributed by atoms with E-state index in [9.17, 15) is 8.78 Å². The molecule has 0 aliphatic rings. The Labute approximate surface area is 116 Å². The van der Waals surface area contributed by atoms with Gasteiger partial charge in [-0.2, -0.15) is 4.98 Å². The monoisotopic (exact) mass is 281 g/mol. The van der Waals surface area contributed by atoms with Crippen molar-refractivity contribution in [2.75, 3.05) is 0 Å². The van der Waals surface area contributed by atoms with Crippen LogP contribution in [-0.4, -0.2) is 16.2 Å². The lowest BCUT2D eigenvalue weighted by atomic mass is 10.0. The van der Waals surface area contributed by atoms with Crippen molar-refractivity contribution < 1.29 is 13.3 Å². The van der Waals surface area contributed by atoms with Gasteiger partial charge in [-0.3, -0.25) is 0 Å². The molecule has 0 radical (unpaired) electrons. The maximum Gasteiger partial charge on any atom is 0.228 e. The van der Waals surface area contributed by atoms with E-state index in [0.29, 0.717) is 29.6 Å². The molecule has 6 heteroatoms. The second kappa shape index (κ2) is 6.09. The number of aromatic nitrogens is 2. The molecule has 0 saturated heterocycles. The van der Waals surface area contributed by atoms with Gasteiger partial charge >= 0.3 is 0 Å². The van der Waals surface area contributed by atoms with E-state index in [0.717, 1.165) is 6.07 Å². The van der Waals surface area contributed by atoms with Crippen molar-refractivity contribution in [1.29, 1.82) is 0 Å². The van der Waals surface area contributed by atoms with Crippen LogP contribution in [0, 0.1) is 17.6 Å². The Morgan fingerprint density at radius 1 is 1.20 bits per heavy atom. The molecule has 0 saturated carbocycles. The standard InChI is InChI=1S/C14H17F2N3O/c1-8(2)12(17)7-14-18-13(19-20-14)5-9-3-10(15)6-11(16)4-9/h3-4,6,8,12H,5,7,17H2,1-2H3. The summed E-state index contributed by atoms with van der Waals surface area (Å²) in [7, 11) is 0. The van der Waals surface area contributed by atoms with Crippen LogP contribution in [0.15, 0.2) is 22.7 Å². The first-order valence-corrected chi connectivity index (χ1v) is 6.46. The summed E-state index contributed by atoms with van der Waals surface area (Å²) in [5, 5.41) is 3.80. The first kappa shape index (κ1) is 14.6. The lowest BCUT2D eigenvalue weighted by Crippen LogP contribution is -2.28. The molecule has 0 fully saturated rings. The zero-order chi connectivity index (χ0) is 14.7. The molecule has 2 aromatic rings. The van der Waals surface area contributed by atoms with Crippen LogP contribution in [0.1, 0.15) is 31.1 Å². The molecule has 0 aliphatic carbocycles. The maximum absolute atomic E-state index is 13.1. The van der Waals surface area contributed by atoms with Gasteiger partial charge in [0.1, 0.15) is 11.6 Å². The Morgan fingerprint density at radius 2 is 1.85 bits per heavy atom. The van der Waals surface area contributed by atoms with E-state index in [4.69, 9.17) is 10.3 Å². The van der Waals surface area contributed by atoms with Crippen LogP contribution >= 0.6 is 0 Å². The molecule has 0 amide bonds. The summed E-state index contributed by atoms with van der Waals surface area (Å²) in [6, 6.07) is 3.26. The third kappa shape index (κ3) is 3.84. The van der Waals surface area contributed by atoms with E-state index in [2.05, 4.69) is 10.1 Å². The van der Waals surface area contributed by atoms with Gasteiger partial charge < -0.3 is 10.3 Å². The quantitative estimate of drug-likeness (QED) is 0.914. The van der Waals surface area contributed by atoms with Crippen LogP contribution in [0.2, 0.25) is 0 Å². The number of benzene rings is 1. The van der Waals surface area contributed by atoms with Gasteiger partial charge in [0.05, 0.1) is 0 Å². The molecule has 1 atom stereocenters. The SMILES string of the molecule is CC(C)C(N)Cc1nc(Cc2cc(F)cc(F)c2)no1. The molecule has 2 N–H and O–H groups in total. The Kier molecular flexibility index (Phi) is 4.44. The van der Waals surface area contributed by atoms with Gasteiger partial charge in [-0.05, 0) is 23.6 Å². The Hall–Kier alpha value is -1.82. The molecular weight excluding hydrogens is 264 g/mol. The van der Waals surface area contributed by atoms with E-state index in [-0.39, 0.29) is 12.5 Å². The van der Waals surface area contributed by atoms with Gasteiger partial charge in [0.2, 0.25) is 5.89 Å².